The normalized spacial score (nSPS) is 17.2. The fourth-order valence-electron chi connectivity index (χ4n) is 2.81. The zero-order valence-electron chi connectivity index (χ0n) is 16.9. The van der Waals surface area contributed by atoms with Gasteiger partial charge in [0.25, 0.3) is 0 Å². The molecule has 29 heavy (non-hydrogen) atoms. The minimum Gasteiger partial charge on any atom is -0.490 e. The minimum atomic E-state index is -0.912. The van der Waals surface area contributed by atoms with E-state index in [0.717, 1.165) is 19.6 Å². The van der Waals surface area contributed by atoms with Crippen molar-refractivity contribution in [2.75, 3.05) is 59.1 Å². The Kier molecular flexibility index (Phi) is 12.5. The lowest BCUT2D eigenvalue weighted by Gasteiger charge is -2.33. The van der Waals surface area contributed by atoms with Gasteiger partial charge in [-0.3, -0.25) is 9.89 Å². The van der Waals surface area contributed by atoms with Gasteiger partial charge in [-0.05, 0) is 26.0 Å². The van der Waals surface area contributed by atoms with Crippen molar-refractivity contribution in [1.82, 2.24) is 15.5 Å². The maximum Gasteiger partial charge on any atom is 0.191 e. The molecule has 0 aliphatic carbocycles. The predicted molar refractivity (Wildman–Crippen MR) is 129 cm³/mol. The van der Waals surface area contributed by atoms with Crippen molar-refractivity contribution in [3.05, 3.63) is 28.2 Å². The molecule has 1 aromatic rings. The van der Waals surface area contributed by atoms with Crippen molar-refractivity contribution in [1.29, 1.82) is 0 Å². The standard InChI is InChI=1S/C19H30Cl2N4O3.HI/c1-3-22-18(23-7-10-28-16-6-4-5-15(20)17(16)21)24-13-19(2,26)14-25-8-11-27-12-9-25;/h4-6,26H,3,7-14H2,1-2H3,(H2,22,23,24);1H. The minimum absolute atomic E-state index is 0. The second-order valence-corrected chi connectivity index (χ2v) is 7.69. The number of halogens is 3. The van der Waals surface area contributed by atoms with Crippen LogP contribution in [0, 0.1) is 0 Å². The molecule has 1 aliphatic heterocycles. The molecule has 0 aromatic heterocycles. The fourth-order valence-corrected chi connectivity index (χ4v) is 3.15. The maximum atomic E-state index is 10.7. The van der Waals surface area contributed by atoms with Gasteiger partial charge in [0, 0.05) is 26.2 Å². The van der Waals surface area contributed by atoms with Crippen LogP contribution >= 0.6 is 47.2 Å². The zero-order chi connectivity index (χ0) is 20.4. The van der Waals surface area contributed by atoms with Gasteiger partial charge in [-0.2, -0.15) is 0 Å². The number of hydrogen-bond donors (Lipinski definition) is 3. The molecule has 0 radical (unpaired) electrons. The van der Waals surface area contributed by atoms with Crippen LogP contribution in [-0.2, 0) is 4.74 Å². The molecule has 1 aromatic carbocycles. The molecule has 1 aliphatic rings. The maximum absolute atomic E-state index is 10.7. The number of aliphatic hydroxyl groups is 1. The van der Waals surface area contributed by atoms with E-state index >= 15 is 0 Å². The molecule has 0 amide bonds. The topological polar surface area (TPSA) is 78.4 Å². The van der Waals surface area contributed by atoms with Crippen molar-refractivity contribution < 1.29 is 14.6 Å². The number of nitrogens with zero attached hydrogens (tertiary/aromatic N) is 2. The molecule has 166 valence electrons. The van der Waals surface area contributed by atoms with Gasteiger partial charge in [-0.1, -0.05) is 29.3 Å². The van der Waals surface area contributed by atoms with Gasteiger partial charge in [-0.15, -0.1) is 24.0 Å². The molecule has 0 spiro atoms. The number of hydrogen-bond acceptors (Lipinski definition) is 5. The number of benzene rings is 1. The lowest BCUT2D eigenvalue weighted by atomic mass is 10.1. The highest BCUT2D eigenvalue weighted by Crippen LogP contribution is 2.31. The summed E-state index contributed by atoms with van der Waals surface area (Å²) in [5, 5.41) is 17.9. The van der Waals surface area contributed by atoms with E-state index in [0.29, 0.717) is 61.2 Å². The van der Waals surface area contributed by atoms with Gasteiger partial charge in [0.1, 0.15) is 17.4 Å². The van der Waals surface area contributed by atoms with E-state index in [1.165, 1.54) is 0 Å². The van der Waals surface area contributed by atoms with E-state index in [9.17, 15) is 5.11 Å². The summed E-state index contributed by atoms with van der Waals surface area (Å²) < 4.78 is 11.0. The van der Waals surface area contributed by atoms with Crippen molar-refractivity contribution in [2.45, 2.75) is 19.4 Å². The third-order valence-corrected chi connectivity index (χ3v) is 4.96. The summed E-state index contributed by atoms with van der Waals surface area (Å²) in [7, 11) is 0. The molecular weight excluding hydrogens is 530 g/mol. The molecule has 0 saturated carbocycles. The van der Waals surface area contributed by atoms with Crippen LogP contribution in [0.5, 0.6) is 5.75 Å². The van der Waals surface area contributed by atoms with Crippen LogP contribution < -0.4 is 15.4 Å². The number of β-amino-alcohol motifs (C(OH)–C–C–N with tert-alkyl or cyclic N) is 1. The Morgan fingerprint density at radius 3 is 2.72 bits per heavy atom. The van der Waals surface area contributed by atoms with Crippen LogP contribution in [0.15, 0.2) is 23.2 Å². The molecule has 7 nitrogen and oxygen atoms in total. The molecule has 10 heteroatoms. The summed E-state index contributed by atoms with van der Waals surface area (Å²) >= 11 is 12.1. The highest BCUT2D eigenvalue weighted by atomic mass is 127. The average molecular weight is 561 g/mol. The third-order valence-electron chi connectivity index (χ3n) is 4.16. The number of guanidine groups is 1. The van der Waals surface area contributed by atoms with Crippen LogP contribution in [0.1, 0.15) is 13.8 Å². The van der Waals surface area contributed by atoms with Gasteiger partial charge in [-0.25, -0.2) is 0 Å². The molecular formula is C19H31Cl2IN4O3. The number of ether oxygens (including phenoxy) is 2. The Morgan fingerprint density at radius 2 is 2.03 bits per heavy atom. The van der Waals surface area contributed by atoms with Crippen molar-refractivity contribution in [3.8, 4) is 5.75 Å². The average Bonchev–Trinajstić information content (AvgIpc) is 2.67. The van der Waals surface area contributed by atoms with Crippen molar-refractivity contribution >= 4 is 53.1 Å². The lowest BCUT2D eigenvalue weighted by Crippen LogP contribution is -2.48. The first-order chi connectivity index (χ1) is 13.4. The number of rotatable bonds is 9. The van der Waals surface area contributed by atoms with E-state index < -0.39 is 5.60 Å². The third kappa shape index (κ3) is 9.89. The van der Waals surface area contributed by atoms with Gasteiger partial charge >= 0.3 is 0 Å². The van der Waals surface area contributed by atoms with Gasteiger partial charge in [0.05, 0.1) is 36.9 Å². The number of nitrogens with one attached hydrogen (secondary N) is 2. The van der Waals surface area contributed by atoms with E-state index in [-0.39, 0.29) is 24.0 Å². The summed E-state index contributed by atoms with van der Waals surface area (Å²) in [6.07, 6.45) is 0. The highest BCUT2D eigenvalue weighted by molar-refractivity contribution is 14.0. The Balaban J connectivity index is 0.00000420. The molecule has 1 heterocycles. The van der Waals surface area contributed by atoms with Crippen LogP contribution in [-0.4, -0.2) is 80.7 Å². The van der Waals surface area contributed by atoms with Crippen molar-refractivity contribution in [3.63, 3.8) is 0 Å². The zero-order valence-corrected chi connectivity index (χ0v) is 20.8. The summed E-state index contributed by atoms with van der Waals surface area (Å²) in [5.74, 6) is 1.18. The Hall–Kier alpha value is -0.520. The molecule has 0 bridgehead atoms. The fraction of sp³-hybridized carbons (Fsp3) is 0.632. The first kappa shape index (κ1) is 26.5. The molecule has 1 saturated heterocycles. The lowest BCUT2D eigenvalue weighted by molar-refractivity contribution is -0.0179. The largest absolute Gasteiger partial charge is 0.490 e. The first-order valence-corrected chi connectivity index (χ1v) is 10.3. The number of morpholine rings is 1. The van der Waals surface area contributed by atoms with E-state index in [1.807, 2.05) is 6.92 Å². The predicted octanol–water partition coefficient (Wildman–Crippen LogP) is 2.63. The van der Waals surface area contributed by atoms with Crippen molar-refractivity contribution in [2.24, 2.45) is 4.99 Å². The second-order valence-electron chi connectivity index (χ2n) is 6.91. The van der Waals surface area contributed by atoms with E-state index in [4.69, 9.17) is 32.7 Å². The summed E-state index contributed by atoms with van der Waals surface area (Å²) in [4.78, 5) is 6.71. The van der Waals surface area contributed by atoms with Crippen LogP contribution in [0.4, 0.5) is 0 Å². The summed E-state index contributed by atoms with van der Waals surface area (Å²) in [6.45, 7) is 9.39. The smallest absolute Gasteiger partial charge is 0.191 e. The van der Waals surface area contributed by atoms with E-state index in [1.54, 1.807) is 25.1 Å². The van der Waals surface area contributed by atoms with Crippen LogP contribution in [0.3, 0.4) is 0 Å². The molecule has 3 N–H and O–H groups in total. The molecule has 2 rings (SSSR count). The van der Waals surface area contributed by atoms with E-state index in [2.05, 4.69) is 20.5 Å². The summed E-state index contributed by atoms with van der Waals surface area (Å²) in [6, 6.07) is 5.28. The number of aliphatic imine (C=N–C) groups is 1. The Labute approximate surface area is 200 Å². The SMILES string of the molecule is CCNC(=NCC(C)(O)CN1CCOCC1)NCCOc1cccc(Cl)c1Cl.I. The van der Waals surface area contributed by atoms with Gasteiger partial charge < -0.3 is 25.2 Å². The molecule has 1 fully saturated rings. The van der Waals surface area contributed by atoms with Gasteiger partial charge in [0.15, 0.2) is 5.96 Å². The Bertz CT molecular complexity index is 644. The van der Waals surface area contributed by atoms with Crippen LogP contribution in [0.2, 0.25) is 10.0 Å². The highest BCUT2D eigenvalue weighted by Gasteiger charge is 2.25. The van der Waals surface area contributed by atoms with Gasteiger partial charge in [0.2, 0.25) is 0 Å². The first-order valence-electron chi connectivity index (χ1n) is 9.53. The quantitative estimate of drug-likeness (QED) is 0.186. The van der Waals surface area contributed by atoms with Crippen LogP contribution in [0.25, 0.3) is 0 Å². The Morgan fingerprint density at radius 1 is 1.31 bits per heavy atom. The monoisotopic (exact) mass is 560 g/mol. The second kappa shape index (κ2) is 13.7. The summed E-state index contributed by atoms with van der Waals surface area (Å²) in [5.41, 5.74) is -0.912. The molecule has 1 unspecified atom stereocenters. The molecule has 1 atom stereocenters.